The summed E-state index contributed by atoms with van der Waals surface area (Å²) in [6, 6.07) is 4.25. The Labute approximate surface area is 102 Å². The Morgan fingerprint density at radius 2 is 2.06 bits per heavy atom. The molecule has 0 heterocycles. The van der Waals surface area contributed by atoms with Crippen LogP contribution in [0.25, 0.3) is 0 Å². The predicted octanol–water partition coefficient (Wildman–Crippen LogP) is 3.84. The molecular weight excluding hydrogens is 219 g/mol. The number of unbranched alkanes of at least 4 members (excludes halogenated alkanes) is 3. The van der Waals surface area contributed by atoms with Crippen molar-refractivity contribution < 1.29 is 14.2 Å². The number of aliphatic hydroxyl groups excluding tert-OH is 1. The van der Waals surface area contributed by atoms with Crippen molar-refractivity contribution in [1.29, 1.82) is 0 Å². The van der Waals surface area contributed by atoms with Crippen LogP contribution in [0.15, 0.2) is 18.2 Å². The molecule has 0 fully saturated rings. The molecule has 2 nitrogen and oxygen atoms in total. The minimum Gasteiger partial charge on any atom is -0.493 e. The zero-order valence-electron chi connectivity index (χ0n) is 10.6. The van der Waals surface area contributed by atoms with E-state index in [2.05, 4.69) is 6.92 Å². The van der Waals surface area contributed by atoms with E-state index in [1.165, 1.54) is 25.0 Å². The van der Waals surface area contributed by atoms with Gasteiger partial charge in [0.2, 0.25) is 0 Å². The Kier molecular flexibility index (Phi) is 5.98. The topological polar surface area (TPSA) is 29.5 Å². The standard InChI is InChI=1S/C14H21FO2/c1-3-4-5-6-9-17-14-10-12(15)7-8-13(14)11(2)16/h7-8,10-11,16H,3-6,9H2,1-2H3. The Hall–Kier alpha value is -1.09. The fourth-order valence-electron chi connectivity index (χ4n) is 1.69. The average Bonchev–Trinajstić information content (AvgIpc) is 2.28. The van der Waals surface area contributed by atoms with E-state index in [0.717, 1.165) is 12.8 Å². The summed E-state index contributed by atoms with van der Waals surface area (Å²) in [4.78, 5) is 0. The Balaban J connectivity index is 2.53. The molecule has 96 valence electrons. The molecule has 1 aromatic rings. The molecule has 1 atom stereocenters. The van der Waals surface area contributed by atoms with E-state index in [-0.39, 0.29) is 5.82 Å². The largest absolute Gasteiger partial charge is 0.493 e. The number of hydrogen-bond acceptors (Lipinski definition) is 2. The lowest BCUT2D eigenvalue weighted by Crippen LogP contribution is -2.02. The van der Waals surface area contributed by atoms with Crippen molar-refractivity contribution in [2.75, 3.05) is 6.61 Å². The van der Waals surface area contributed by atoms with Crippen LogP contribution in [0.5, 0.6) is 5.75 Å². The molecule has 0 saturated carbocycles. The molecule has 17 heavy (non-hydrogen) atoms. The van der Waals surface area contributed by atoms with Crippen LogP contribution in [-0.2, 0) is 0 Å². The van der Waals surface area contributed by atoms with E-state index in [0.29, 0.717) is 17.9 Å². The van der Waals surface area contributed by atoms with Gasteiger partial charge < -0.3 is 9.84 Å². The minimum atomic E-state index is -0.638. The smallest absolute Gasteiger partial charge is 0.127 e. The highest BCUT2D eigenvalue weighted by atomic mass is 19.1. The van der Waals surface area contributed by atoms with Crippen LogP contribution in [0, 0.1) is 5.82 Å². The van der Waals surface area contributed by atoms with Gasteiger partial charge in [0.15, 0.2) is 0 Å². The van der Waals surface area contributed by atoms with E-state index < -0.39 is 6.10 Å². The molecule has 0 aliphatic carbocycles. The zero-order chi connectivity index (χ0) is 12.7. The van der Waals surface area contributed by atoms with Crippen LogP contribution >= 0.6 is 0 Å². The summed E-state index contributed by atoms with van der Waals surface area (Å²) in [5.41, 5.74) is 0.641. The van der Waals surface area contributed by atoms with Crippen molar-refractivity contribution in [2.45, 2.75) is 45.6 Å². The molecule has 1 N–H and O–H groups in total. The minimum absolute atomic E-state index is 0.335. The first kappa shape index (κ1) is 14.0. The summed E-state index contributed by atoms with van der Waals surface area (Å²) < 4.78 is 18.6. The molecule has 0 aromatic heterocycles. The van der Waals surface area contributed by atoms with Gasteiger partial charge >= 0.3 is 0 Å². The van der Waals surface area contributed by atoms with Gasteiger partial charge in [-0.25, -0.2) is 4.39 Å². The number of benzene rings is 1. The maximum Gasteiger partial charge on any atom is 0.127 e. The molecule has 1 aromatic carbocycles. The van der Waals surface area contributed by atoms with E-state index in [4.69, 9.17) is 4.74 Å². The average molecular weight is 240 g/mol. The monoisotopic (exact) mass is 240 g/mol. The molecule has 1 rings (SSSR count). The van der Waals surface area contributed by atoms with Gasteiger partial charge in [0.1, 0.15) is 11.6 Å². The fraction of sp³-hybridized carbons (Fsp3) is 0.571. The number of rotatable bonds is 7. The highest BCUT2D eigenvalue weighted by Crippen LogP contribution is 2.26. The van der Waals surface area contributed by atoms with Crippen LogP contribution in [0.2, 0.25) is 0 Å². The molecule has 0 amide bonds. The van der Waals surface area contributed by atoms with Gasteiger partial charge in [-0.2, -0.15) is 0 Å². The summed E-state index contributed by atoms with van der Waals surface area (Å²) in [7, 11) is 0. The van der Waals surface area contributed by atoms with E-state index >= 15 is 0 Å². The van der Waals surface area contributed by atoms with Gasteiger partial charge in [0.05, 0.1) is 12.7 Å². The predicted molar refractivity (Wildman–Crippen MR) is 66.7 cm³/mol. The van der Waals surface area contributed by atoms with Gasteiger partial charge in [0.25, 0.3) is 0 Å². The Morgan fingerprint density at radius 1 is 1.29 bits per heavy atom. The van der Waals surface area contributed by atoms with Crippen molar-refractivity contribution in [3.8, 4) is 5.75 Å². The molecule has 3 heteroatoms. The second kappa shape index (κ2) is 7.28. The van der Waals surface area contributed by atoms with Crippen LogP contribution in [0.1, 0.15) is 51.2 Å². The van der Waals surface area contributed by atoms with E-state index in [1.807, 2.05) is 0 Å². The van der Waals surface area contributed by atoms with Gasteiger partial charge in [-0.05, 0) is 25.5 Å². The highest BCUT2D eigenvalue weighted by molar-refractivity contribution is 5.35. The second-order valence-corrected chi connectivity index (χ2v) is 4.27. The number of halogens is 1. The van der Waals surface area contributed by atoms with Crippen LogP contribution in [0.4, 0.5) is 4.39 Å². The second-order valence-electron chi connectivity index (χ2n) is 4.27. The molecule has 0 spiro atoms. The number of aliphatic hydroxyl groups is 1. The van der Waals surface area contributed by atoms with E-state index in [1.54, 1.807) is 13.0 Å². The first-order valence-corrected chi connectivity index (χ1v) is 6.25. The van der Waals surface area contributed by atoms with Crippen LogP contribution in [-0.4, -0.2) is 11.7 Å². The van der Waals surface area contributed by atoms with Crippen molar-refractivity contribution in [3.05, 3.63) is 29.6 Å². The zero-order valence-corrected chi connectivity index (χ0v) is 10.6. The SMILES string of the molecule is CCCCCCOc1cc(F)ccc1C(C)O. The van der Waals surface area contributed by atoms with Crippen molar-refractivity contribution >= 4 is 0 Å². The van der Waals surface area contributed by atoms with Gasteiger partial charge in [-0.3, -0.25) is 0 Å². The first-order chi connectivity index (χ1) is 8.15. The quantitative estimate of drug-likeness (QED) is 0.734. The van der Waals surface area contributed by atoms with Crippen LogP contribution < -0.4 is 4.74 Å². The summed E-state index contributed by atoms with van der Waals surface area (Å²) in [6.07, 6.45) is 3.81. The van der Waals surface area contributed by atoms with Gasteiger partial charge in [-0.15, -0.1) is 0 Å². The van der Waals surface area contributed by atoms with Crippen molar-refractivity contribution in [3.63, 3.8) is 0 Å². The maximum absolute atomic E-state index is 13.1. The third kappa shape index (κ3) is 4.73. The Bertz CT molecular complexity index is 337. The summed E-state index contributed by atoms with van der Waals surface area (Å²) in [5.74, 6) is 0.120. The summed E-state index contributed by atoms with van der Waals surface area (Å²) >= 11 is 0. The lowest BCUT2D eigenvalue weighted by atomic mass is 10.1. The third-order valence-corrected chi connectivity index (χ3v) is 2.68. The van der Waals surface area contributed by atoms with E-state index in [9.17, 15) is 9.50 Å². The maximum atomic E-state index is 13.1. The number of hydrogen-bond donors (Lipinski definition) is 1. The van der Waals surface area contributed by atoms with Gasteiger partial charge in [0, 0.05) is 11.6 Å². The molecule has 0 bridgehead atoms. The highest BCUT2D eigenvalue weighted by Gasteiger charge is 2.10. The third-order valence-electron chi connectivity index (χ3n) is 2.68. The summed E-state index contributed by atoms with van der Waals surface area (Å²) in [6.45, 7) is 4.37. The molecule has 0 saturated heterocycles. The lowest BCUT2D eigenvalue weighted by molar-refractivity contribution is 0.190. The Morgan fingerprint density at radius 3 is 2.71 bits per heavy atom. The van der Waals surface area contributed by atoms with Crippen molar-refractivity contribution in [1.82, 2.24) is 0 Å². The lowest BCUT2D eigenvalue weighted by Gasteiger charge is -2.13. The molecular formula is C14H21FO2. The normalized spacial score (nSPS) is 12.5. The molecule has 0 aliphatic rings. The molecule has 1 unspecified atom stereocenters. The van der Waals surface area contributed by atoms with Crippen molar-refractivity contribution in [2.24, 2.45) is 0 Å². The molecule has 0 aliphatic heterocycles. The first-order valence-electron chi connectivity index (χ1n) is 6.25. The number of ether oxygens (including phenoxy) is 1. The summed E-state index contributed by atoms with van der Waals surface area (Å²) in [5, 5.41) is 9.53. The molecule has 0 radical (unpaired) electrons. The van der Waals surface area contributed by atoms with Gasteiger partial charge in [-0.1, -0.05) is 26.2 Å². The van der Waals surface area contributed by atoms with Crippen LogP contribution in [0.3, 0.4) is 0 Å². The fourth-order valence-corrected chi connectivity index (χ4v) is 1.69.